The fraction of sp³-hybridized carbons (Fsp3) is 0. The van der Waals surface area contributed by atoms with Crippen molar-refractivity contribution >= 4 is 96.9 Å². The van der Waals surface area contributed by atoms with E-state index in [1.54, 1.807) is 0 Å². The minimum atomic E-state index is 1.23. The highest BCUT2D eigenvalue weighted by Crippen LogP contribution is 2.43. The first-order valence-corrected chi connectivity index (χ1v) is 14.2. The van der Waals surface area contributed by atoms with Gasteiger partial charge in [-0.25, -0.2) is 0 Å². The van der Waals surface area contributed by atoms with Crippen molar-refractivity contribution in [3.63, 3.8) is 0 Å². The van der Waals surface area contributed by atoms with Crippen LogP contribution in [0.4, 0.5) is 0 Å². The number of rotatable bonds is 0. The van der Waals surface area contributed by atoms with E-state index >= 15 is 0 Å². The highest BCUT2D eigenvalue weighted by molar-refractivity contribution is 7.25. The fourth-order valence-electron chi connectivity index (χ4n) is 7.08. The Morgan fingerprint density at radius 2 is 0.872 bits per heavy atom. The molecule has 0 bridgehead atoms. The number of nitrogens with zero attached hydrogens (tertiary/aromatic N) is 2. The average Bonchev–Trinajstić information content (AvgIpc) is 3.63. The number of aromatic nitrogens is 2. The van der Waals surface area contributed by atoms with Gasteiger partial charge in [0.15, 0.2) is 0 Å². The number of thiophene rings is 1. The molecule has 0 N–H and O–H groups in total. The molecule has 0 aliphatic carbocycles. The van der Waals surface area contributed by atoms with Crippen molar-refractivity contribution < 1.29 is 0 Å². The van der Waals surface area contributed by atoms with E-state index in [1.165, 1.54) is 85.6 Å². The van der Waals surface area contributed by atoms with E-state index in [9.17, 15) is 0 Å². The Kier molecular flexibility index (Phi) is 3.59. The summed E-state index contributed by atoms with van der Waals surface area (Å²) in [7, 11) is 0. The van der Waals surface area contributed by atoms with E-state index in [4.69, 9.17) is 0 Å². The highest BCUT2D eigenvalue weighted by Gasteiger charge is 2.19. The molecule has 0 unspecified atom stereocenters. The lowest BCUT2D eigenvalue weighted by atomic mass is 10.0. The molecule has 39 heavy (non-hydrogen) atoms. The van der Waals surface area contributed by atoms with Crippen LogP contribution in [-0.2, 0) is 0 Å². The summed E-state index contributed by atoms with van der Waals surface area (Å²) in [6, 6.07) is 45.0. The van der Waals surface area contributed by atoms with Crippen LogP contribution in [0.5, 0.6) is 0 Å². The van der Waals surface area contributed by atoms with Crippen molar-refractivity contribution in [2.75, 3.05) is 0 Å². The third-order valence-electron chi connectivity index (χ3n) is 8.64. The number of fused-ring (bicyclic) bond motifs is 13. The molecular weight excluding hydrogens is 492 g/mol. The average molecular weight is 513 g/mol. The molecule has 180 valence electrons. The molecule has 0 amide bonds. The first kappa shape index (κ1) is 20.1. The maximum Gasteiger partial charge on any atom is 0.0782 e. The van der Waals surface area contributed by atoms with Gasteiger partial charge in [0.2, 0.25) is 0 Å². The Bertz CT molecular complexity index is 2660. The zero-order valence-electron chi connectivity index (χ0n) is 20.8. The lowest BCUT2D eigenvalue weighted by molar-refractivity contribution is 1.30. The second-order valence-corrected chi connectivity index (χ2v) is 11.6. The molecule has 0 radical (unpaired) electrons. The molecule has 0 fully saturated rings. The Balaban J connectivity index is 1.67. The Morgan fingerprint density at radius 3 is 1.64 bits per heavy atom. The zero-order valence-corrected chi connectivity index (χ0v) is 21.7. The molecule has 10 rings (SSSR count). The van der Waals surface area contributed by atoms with Crippen LogP contribution < -0.4 is 0 Å². The smallest absolute Gasteiger partial charge is 0.0782 e. The molecule has 6 aromatic carbocycles. The minimum absolute atomic E-state index is 1.23. The normalized spacial score (nSPS) is 12.6. The SMILES string of the molecule is c1ccc2c(c1)sc1cc3c(cc12)c1cccc2c4ccccc4n(c4cccc5c6ccccc6n3c54)c21. The van der Waals surface area contributed by atoms with Crippen molar-refractivity contribution in [1.82, 2.24) is 8.80 Å². The van der Waals surface area contributed by atoms with Gasteiger partial charge >= 0.3 is 0 Å². The molecular formula is C36H20N2S. The lowest BCUT2D eigenvalue weighted by Crippen LogP contribution is -1.94. The van der Waals surface area contributed by atoms with Gasteiger partial charge in [-0.3, -0.25) is 0 Å². The summed E-state index contributed by atoms with van der Waals surface area (Å²) in [5, 5.41) is 10.4. The van der Waals surface area contributed by atoms with Crippen LogP contribution in [0, 0.1) is 0 Å². The van der Waals surface area contributed by atoms with Crippen LogP contribution in [0.2, 0.25) is 0 Å². The maximum atomic E-state index is 2.52. The molecule has 4 heterocycles. The van der Waals surface area contributed by atoms with E-state index in [0.717, 1.165) is 0 Å². The topological polar surface area (TPSA) is 8.82 Å². The predicted molar refractivity (Wildman–Crippen MR) is 169 cm³/mol. The van der Waals surface area contributed by atoms with Crippen LogP contribution in [0.1, 0.15) is 0 Å². The molecule has 0 aliphatic rings. The number of para-hydroxylation sites is 4. The van der Waals surface area contributed by atoms with Crippen molar-refractivity contribution in [3.8, 4) is 0 Å². The van der Waals surface area contributed by atoms with Gasteiger partial charge in [-0.1, -0.05) is 84.9 Å². The molecule has 0 spiro atoms. The highest BCUT2D eigenvalue weighted by atomic mass is 32.1. The molecule has 2 nitrogen and oxygen atoms in total. The van der Waals surface area contributed by atoms with Gasteiger partial charge in [0.25, 0.3) is 0 Å². The van der Waals surface area contributed by atoms with E-state index in [0.29, 0.717) is 0 Å². The second kappa shape index (κ2) is 6.96. The van der Waals surface area contributed by atoms with Gasteiger partial charge in [-0.2, -0.15) is 0 Å². The van der Waals surface area contributed by atoms with Crippen LogP contribution in [0.25, 0.3) is 85.6 Å². The van der Waals surface area contributed by atoms with Crippen LogP contribution in [0.15, 0.2) is 121 Å². The molecule has 0 atom stereocenters. The predicted octanol–water partition coefficient (Wildman–Crippen LogP) is 10.3. The third kappa shape index (κ3) is 2.38. The monoisotopic (exact) mass is 512 g/mol. The van der Waals surface area contributed by atoms with Crippen molar-refractivity contribution in [2.45, 2.75) is 0 Å². The summed E-state index contributed by atoms with van der Waals surface area (Å²) >= 11 is 1.89. The molecule has 0 saturated heterocycles. The summed E-state index contributed by atoms with van der Waals surface area (Å²) in [5.74, 6) is 0. The number of benzene rings is 6. The molecule has 4 aromatic heterocycles. The van der Waals surface area contributed by atoms with Crippen LogP contribution in [-0.4, -0.2) is 8.80 Å². The summed E-state index contributed by atoms with van der Waals surface area (Å²) in [6.07, 6.45) is 0. The van der Waals surface area contributed by atoms with Gasteiger partial charge in [0, 0.05) is 52.5 Å². The summed E-state index contributed by atoms with van der Waals surface area (Å²) in [5.41, 5.74) is 7.50. The fourth-order valence-corrected chi connectivity index (χ4v) is 8.20. The lowest BCUT2D eigenvalue weighted by Gasteiger charge is -2.11. The van der Waals surface area contributed by atoms with E-state index in [1.807, 2.05) is 11.3 Å². The summed E-state index contributed by atoms with van der Waals surface area (Å²) < 4.78 is 7.69. The maximum absolute atomic E-state index is 2.52. The van der Waals surface area contributed by atoms with Crippen LogP contribution >= 0.6 is 11.3 Å². The second-order valence-electron chi connectivity index (χ2n) is 10.5. The number of hydrogen-bond acceptors (Lipinski definition) is 1. The zero-order chi connectivity index (χ0) is 25.2. The van der Waals surface area contributed by atoms with Crippen molar-refractivity contribution in [3.05, 3.63) is 121 Å². The van der Waals surface area contributed by atoms with Gasteiger partial charge in [-0.15, -0.1) is 11.3 Å². The molecule has 0 aliphatic heterocycles. The quantitative estimate of drug-likeness (QED) is 0.191. The van der Waals surface area contributed by atoms with E-state index in [2.05, 4.69) is 130 Å². The van der Waals surface area contributed by atoms with E-state index in [-0.39, 0.29) is 0 Å². The minimum Gasteiger partial charge on any atom is -0.307 e. The Hall–Kier alpha value is -4.86. The number of hydrogen-bond donors (Lipinski definition) is 0. The van der Waals surface area contributed by atoms with E-state index < -0.39 is 0 Å². The van der Waals surface area contributed by atoms with Crippen molar-refractivity contribution in [1.29, 1.82) is 0 Å². The standard InChI is InChI=1S/C36H20N2S/c1-4-15-29-21(9-1)24-12-7-13-26-27-19-28-23-11-3-6-18-33(23)39-34(28)20-32(27)38-30-16-5-2-10-22(30)25-14-8-17-31(36(25)38)37(29)35(24)26/h1-20H. The summed E-state index contributed by atoms with van der Waals surface area (Å²) in [4.78, 5) is 0. The molecule has 3 heteroatoms. The summed E-state index contributed by atoms with van der Waals surface area (Å²) in [6.45, 7) is 0. The first-order valence-electron chi connectivity index (χ1n) is 13.4. The third-order valence-corrected chi connectivity index (χ3v) is 9.77. The largest absolute Gasteiger partial charge is 0.307 e. The molecule has 10 aromatic rings. The first-order chi connectivity index (χ1) is 19.4. The Labute approximate surface area is 226 Å². The molecule has 0 saturated carbocycles. The van der Waals surface area contributed by atoms with Gasteiger partial charge in [0.1, 0.15) is 0 Å². The van der Waals surface area contributed by atoms with Gasteiger partial charge < -0.3 is 8.80 Å². The van der Waals surface area contributed by atoms with Crippen LogP contribution in [0.3, 0.4) is 0 Å². The van der Waals surface area contributed by atoms with Gasteiger partial charge in [0.05, 0.1) is 33.1 Å². The van der Waals surface area contributed by atoms with Crippen molar-refractivity contribution in [2.24, 2.45) is 0 Å². The van der Waals surface area contributed by atoms with Gasteiger partial charge in [-0.05, 0) is 36.4 Å². The Morgan fingerprint density at radius 1 is 0.333 bits per heavy atom.